The first-order valence-electron chi connectivity index (χ1n) is 7.44. The van der Waals surface area contributed by atoms with Gasteiger partial charge in [0.25, 0.3) is 0 Å². The number of likely N-dealkylation sites (N-methyl/N-ethyl adjacent to an activating group) is 1. The minimum absolute atomic E-state index is 0.0246. The van der Waals surface area contributed by atoms with Gasteiger partial charge >= 0.3 is 0 Å². The highest BCUT2D eigenvalue weighted by Crippen LogP contribution is 2.18. The molecule has 4 N–H and O–H groups in total. The lowest BCUT2D eigenvalue weighted by Gasteiger charge is -2.21. The van der Waals surface area contributed by atoms with Gasteiger partial charge < -0.3 is 16.4 Å². The summed E-state index contributed by atoms with van der Waals surface area (Å²) in [5.41, 5.74) is 12.6. The average Bonchev–Trinajstić information content (AvgIpc) is 2.48. The average molecular weight is 309 g/mol. The van der Waals surface area contributed by atoms with E-state index < -0.39 is 6.04 Å². The number of nitrogens with two attached hydrogens (primary N) is 2. The van der Waals surface area contributed by atoms with Crippen molar-refractivity contribution < 1.29 is 4.79 Å². The molecular formula is C16H27N3OS. The number of thioether (sulfide) groups is 1. The molecule has 0 bridgehead atoms. The molecule has 0 aliphatic heterocycles. The monoisotopic (exact) mass is 309 g/mol. The molecule has 0 unspecified atom stereocenters. The fourth-order valence-corrected chi connectivity index (χ4v) is 2.89. The third-order valence-corrected chi connectivity index (χ3v) is 4.37. The van der Waals surface area contributed by atoms with E-state index in [-0.39, 0.29) is 5.91 Å². The van der Waals surface area contributed by atoms with Crippen LogP contribution in [0.15, 0.2) is 29.2 Å². The Morgan fingerprint density at radius 2 is 1.95 bits per heavy atom. The van der Waals surface area contributed by atoms with Crippen LogP contribution in [0.3, 0.4) is 0 Å². The maximum Gasteiger partial charge on any atom is 0.239 e. The van der Waals surface area contributed by atoms with Gasteiger partial charge in [-0.3, -0.25) is 4.79 Å². The van der Waals surface area contributed by atoms with Crippen LogP contribution in [0.5, 0.6) is 0 Å². The topological polar surface area (TPSA) is 72.3 Å². The number of nitrogens with zero attached hydrogens (tertiary/aromatic N) is 1. The summed E-state index contributed by atoms with van der Waals surface area (Å²) in [6, 6.07) is 8.03. The van der Waals surface area contributed by atoms with Crippen molar-refractivity contribution in [1.82, 2.24) is 4.90 Å². The summed E-state index contributed by atoms with van der Waals surface area (Å²) < 4.78 is 0. The number of hydrogen-bond donors (Lipinski definition) is 2. The smallest absolute Gasteiger partial charge is 0.239 e. The number of rotatable bonds is 9. The van der Waals surface area contributed by atoms with Crippen LogP contribution in [0.1, 0.15) is 24.8 Å². The van der Waals surface area contributed by atoms with Gasteiger partial charge in [-0.2, -0.15) is 0 Å². The lowest BCUT2D eigenvalue weighted by Crippen LogP contribution is -2.42. The lowest BCUT2D eigenvalue weighted by molar-refractivity contribution is -0.131. The summed E-state index contributed by atoms with van der Waals surface area (Å²) in [6.07, 6.45) is 2.55. The standard InChI is InChI=1S/C16H27N3OS/c1-13-6-8-14(9-7-13)21-12-11-19(2)16(20)15(18)5-3-4-10-17/h6-9,15H,3-5,10-12,17-18H2,1-2H3/t15-/m0/s1. The van der Waals surface area contributed by atoms with Gasteiger partial charge in [0.1, 0.15) is 0 Å². The molecule has 0 heterocycles. The second kappa shape index (κ2) is 9.82. The van der Waals surface area contributed by atoms with Crippen molar-refractivity contribution in [3.8, 4) is 0 Å². The van der Waals surface area contributed by atoms with Gasteiger partial charge in [-0.1, -0.05) is 24.1 Å². The molecule has 0 saturated heterocycles. The Morgan fingerprint density at radius 3 is 2.57 bits per heavy atom. The quantitative estimate of drug-likeness (QED) is 0.540. The zero-order valence-electron chi connectivity index (χ0n) is 13.0. The number of carbonyl (C=O) groups is 1. The first kappa shape index (κ1) is 18.0. The van der Waals surface area contributed by atoms with Gasteiger partial charge in [-0.25, -0.2) is 0 Å². The van der Waals surface area contributed by atoms with Crippen LogP contribution in [0.25, 0.3) is 0 Å². The Hall–Kier alpha value is -1.04. The molecule has 1 amide bonds. The van der Waals surface area contributed by atoms with E-state index in [1.807, 2.05) is 7.05 Å². The van der Waals surface area contributed by atoms with E-state index in [1.54, 1.807) is 16.7 Å². The molecule has 0 spiro atoms. The molecule has 1 aromatic carbocycles. The van der Waals surface area contributed by atoms with Crippen molar-refractivity contribution in [1.29, 1.82) is 0 Å². The third-order valence-electron chi connectivity index (χ3n) is 3.38. The van der Waals surface area contributed by atoms with Crippen LogP contribution in [-0.4, -0.2) is 42.7 Å². The normalized spacial score (nSPS) is 12.2. The second-order valence-corrected chi connectivity index (χ2v) is 6.48. The molecular weight excluding hydrogens is 282 g/mol. The molecule has 0 saturated carbocycles. The van der Waals surface area contributed by atoms with Crippen molar-refractivity contribution in [3.05, 3.63) is 29.8 Å². The van der Waals surface area contributed by atoms with E-state index >= 15 is 0 Å². The molecule has 4 nitrogen and oxygen atoms in total. The summed E-state index contributed by atoms with van der Waals surface area (Å²) in [4.78, 5) is 15.0. The Kier molecular flexibility index (Phi) is 8.42. The lowest BCUT2D eigenvalue weighted by atomic mass is 10.1. The van der Waals surface area contributed by atoms with Gasteiger partial charge in [-0.15, -0.1) is 11.8 Å². The van der Waals surface area contributed by atoms with Crippen molar-refractivity contribution in [2.75, 3.05) is 25.9 Å². The Bertz CT molecular complexity index is 422. The van der Waals surface area contributed by atoms with Crippen molar-refractivity contribution in [2.45, 2.75) is 37.1 Å². The summed E-state index contributed by atoms with van der Waals surface area (Å²) >= 11 is 1.76. The summed E-state index contributed by atoms with van der Waals surface area (Å²) in [5, 5.41) is 0. The highest BCUT2D eigenvalue weighted by atomic mass is 32.2. The second-order valence-electron chi connectivity index (χ2n) is 5.31. The van der Waals surface area contributed by atoms with Gasteiger partial charge in [0.15, 0.2) is 0 Å². The Labute approximate surface area is 132 Å². The number of benzene rings is 1. The SMILES string of the molecule is Cc1ccc(SCCN(C)C(=O)[C@@H](N)CCCCN)cc1. The molecule has 0 radical (unpaired) electrons. The van der Waals surface area contributed by atoms with Gasteiger partial charge in [0, 0.05) is 24.2 Å². The van der Waals surface area contributed by atoms with Crippen LogP contribution in [0.4, 0.5) is 0 Å². The number of amides is 1. The summed E-state index contributed by atoms with van der Waals surface area (Å²) in [6.45, 7) is 3.44. The van der Waals surface area contributed by atoms with Gasteiger partial charge in [0.05, 0.1) is 6.04 Å². The number of aryl methyl sites for hydroxylation is 1. The Balaban J connectivity index is 2.27. The summed E-state index contributed by atoms with van der Waals surface area (Å²) in [7, 11) is 1.82. The van der Waals surface area contributed by atoms with Crippen LogP contribution in [-0.2, 0) is 4.79 Å². The first-order chi connectivity index (χ1) is 10.0. The van der Waals surface area contributed by atoms with E-state index in [2.05, 4.69) is 31.2 Å². The van der Waals surface area contributed by atoms with E-state index in [9.17, 15) is 4.79 Å². The molecule has 0 aliphatic rings. The van der Waals surface area contributed by atoms with E-state index in [1.165, 1.54) is 10.5 Å². The fraction of sp³-hybridized carbons (Fsp3) is 0.562. The molecule has 1 rings (SSSR count). The molecule has 5 heteroatoms. The molecule has 118 valence electrons. The molecule has 0 fully saturated rings. The fourth-order valence-electron chi connectivity index (χ4n) is 1.96. The van der Waals surface area contributed by atoms with Crippen molar-refractivity contribution >= 4 is 17.7 Å². The van der Waals surface area contributed by atoms with Gasteiger partial charge in [0.2, 0.25) is 5.91 Å². The van der Waals surface area contributed by atoms with Crippen LogP contribution >= 0.6 is 11.8 Å². The number of hydrogen-bond acceptors (Lipinski definition) is 4. The number of carbonyl (C=O) groups excluding carboxylic acids is 1. The van der Waals surface area contributed by atoms with Crippen LogP contribution in [0.2, 0.25) is 0 Å². The summed E-state index contributed by atoms with van der Waals surface area (Å²) in [5.74, 6) is 0.900. The molecule has 1 atom stereocenters. The molecule has 1 aromatic rings. The predicted octanol–water partition coefficient (Wildman–Crippen LogP) is 2.00. The maximum atomic E-state index is 12.1. The first-order valence-corrected chi connectivity index (χ1v) is 8.43. The minimum atomic E-state index is -0.397. The van der Waals surface area contributed by atoms with E-state index in [0.29, 0.717) is 19.5 Å². The molecule has 0 aliphatic carbocycles. The highest BCUT2D eigenvalue weighted by Gasteiger charge is 2.17. The molecule has 0 aromatic heterocycles. The maximum absolute atomic E-state index is 12.1. The largest absolute Gasteiger partial charge is 0.344 e. The zero-order chi connectivity index (χ0) is 15.7. The third kappa shape index (κ3) is 6.98. The Morgan fingerprint density at radius 1 is 1.29 bits per heavy atom. The van der Waals surface area contributed by atoms with Crippen LogP contribution < -0.4 is 11.5 Å². The van der Waals surface area contributed by atoms with Crippen molar-refractivity contribution in [2.24, 2.45) is 11.5 Å². The van der Waals surface area contributed by atoms with Crippen LogP contribution in [0, 0.1) is 6.92 Å². The van der Waals surface area contributed by atoms with E-state index in [4.69, 9.17) is 11.5 Å². The molecule has 21 heavy (non-hydrogen) atoms. The minimum Gasteiger partial charge on any atom is -0.344 e. The van der Waals surface area contributed by atoms with Gasteiger partial charge in [-0.05, 0) is 38.4 Å². The highest BCUT2D eigenvalue weighted by molar-refractivity contribution is 7.99. The predicted molar refractivity (Wildman–Crippen MR) is 90.4 cm³/mol. The van der Waals surface area contributed by atoms with E-state index in [0.717, 1.165) is 18.6 Å². The number of unbranched alkanes of at least 4 members (excludes halogenated alkanes) is 1. The zero-order valence-corrected chi connectivity index (χ0v) is 13.9. The van der Waals surface area contributed by atoms with Crippen molar-refractivity contribution in [3.63, 3.8) is 0 Å².